The van der Waals surface area contributed by atoms with Gasteiger partial charge in [-0.25, -0.2) is 4.79 Å². The zero-order chi connectivity index (χ0) is 14.4. The highest BCUT2D eigenvalue weighted by atomic mass is 16.5. The van der Waals surface area contributed by atoms with Crippen LogP contribution in [0, 0.1) is 0 Å². The van der Waals surface area contributed by atoms with E-state index >= 15 is 0 Å². The summed E-state index contributed by atoms with van der Waals surface area (Å²) in [5.41, 5.74) is 9.13. The molecule has 0 bridgehead atoms. The molecule has 2 aromatic rings. The fourth-order valence-corrected chi connectivity index (χ4v) is 2.19. The van der Waals surface area contributed by atoms with Crippen LogP contribution in [0.1, 0.15) is 27.9 Å². The van der Waals surface area contributed by atoms with Gasteiger partial charge >= 0.3 is 5.97 Å². The Bertz CT molecular complexity index is 579. The summed E-state index contributed by atoms with van der Waals surface area (Å²) < 4.78 is 4.73. The number of rotatable bonds is 5. The number of benzene rings is 2. The largest absolute Gasteiger partial charge is 0.465 e. The molecule has 0 saturated heterocycles. The predicted octanol–water partition coefficient (Wildman–Crippen LogP) is 3.23. The van der Waals surface area contributed by atoms with E-state index in [0.717, 1.165) is 24.8 Å². The van der Waals surface area contributed by atoms with E-state index in [1.54, 1.807) is 6.07 Å². The first-order valence-electron chi connectivity index (χ1n) is 6.71. The maximum absolute atomic E-state index is 11.6. The van der Waals surface area contributed by atoms with Crippen molar-refractivity contribution in [2.45, 2.75) is 19.3 Å². The number of nitrogen functional groups attached to an aromatic ring is 1. The standard InChI is InChI=1S/C17H19NO2/c1-20-17(19)15-12-14(10-11-16(15)18)9-5-8-13-6-3-2-4-7-13/h2-4,6-7,10-12H,5,8-9,18H2,1H3. The van der Waals surface area contributed by atoms with Gasteiger partial charge in [-0.3, -0.25) is 0 Å². The minimum atomic E-state index is -0.382. The maximum atomic E-state index is 11.6. The van der Waals surface area contributed by atoms with E-state index in [-0.39, 0.29) is 5.97 Å². The Kier molecular flexibility index (Phi) is 4.77. The molecular weight excluding hydrogens is 250 g/mol. The second-order valence-corrected chi connectivity index (χ2v) is 4.75. The molecule has 0 aliphatic heterocycles. The van der Waals surface area contributed by atoms with Crippen LogP contribution in [0.3, 0.4) is 0 Å². The predicted molar refractivity (Wildman–Crippen MR) is 80.7 cm³/mol. The molecular formula is C17H19NO2. The molecule has 0 aliphatic rings. The fraction of sp³-hybridized carbons (Fsp3) is 0.235. The molecule has 2 rings (SSSR count). The van der Waals surface area contributed by atoms with Crippen molar-refractivity contribution in [3.8, 4) is 0 Å². The lowest BCUT2D eigenvalue weighted by molar-refractivity contribution is 0.0602. The van der Waals surface area contributed by atoms with Crippen LogP contribution in [-0.2, 0) is 17.6 Å². The lowest BCUT2D eigenvalue weighted by atomic mass is 10.0. The second kappa shape index (κ2) is 6.75. The van der Waals surface area contributed by atoms with Crippen LogP contribution >= 0.6 is 0 Å². The summed E-state index contributed by atoms with van der Waals surface area (Å²) in [6.45, 7) is 0. The topological polar surface area (TPSA) is 52.3 Å². The van der Waals surface area contributed by atoms with Gasteiger partial charge in [0, 0.05) is 5.69 Å². The van der Waals surface area contributed by atoms with Gasteiger partial charge in [-0.15, -0.1) is 0 Å². The van der Waals surface area contributed by atoms with Gasteiger partial charge in [0.05, 0.1) is 12.7 Å². The summed E-state index contributed by atoms with van der Waals surface area (Å²) in [7, 11) is 1.36. The van der Waals surface area contributed by atoms with E-state index in [0.29, 0.717) is 11.3 Å². The SMILES string of the molecule is COC(=O)c1cc(CCCc2ccccc2)ccc1N. The summed E-state index contributed by atoms with van der Waals surface area (Å²) in [4.78, 5) is 11.6. The Morgan fingerprint density at radius 2 is 1.75 bits per heavy atom. The Morgan fingerprint density at radius 1 is 1.05 bits per heavy atom. The molecule has 0 fully saturated rings. The van der Waals surface area contributed by atoms with Crippen LogP contribution in [0.25, 0.3) is 0 Å². The lowest BCUT2D eigenvalue weighted by Crippen LogP contribution is -2.06. The maximum Gasteiger partial charge on any atom is 0.339 e. The third-order valence-corrected chi connectivity index (χ3v) is 3.30. The normalized spacial score (nSPS) is 10.2. The van der Waals surface area contributed by atoms with Crippen LogP contribution in [0.5, 0.6) is 0 Å². The van der Waals surface area contributed by atoms with Crippen molar-refractivity contribution in [3.63, 3.8) is 0 Å². The first-order chi connectivity index (χ1) is 9.70. The van der Waals surface area contributed by atoms with Crippen molar-refractivity contribution in [1.29, 1.82) is 0 Å². The lowest BCUT2D eigenvalue weighted by Gasteiger charge is -2.07. The van der Waals surface area contributed by atoms with Crippen molar-refractivity contribution in [2.75, 3.05) is 12.8 Å². The number of nitrogens with two attached hydrogens (primary N) is 1. The number of aryl methyl sites for hydroxylation is 2. The van der Waals surface area contributed by atoms with Crippen LogP contribution in [0.2, 0.25) is 0 Å². The summed E-state index contributed by atoms with van der Waals surface area (Å²) in [6.07, 6.45) is 2.98. The number of hydrogen-bond acceptors (Lipinski definition) is 3. The fourth-order valence-electron chi connectivity index (χ4n) is 2.19. The van der Waals surface area contributed by atoms with E-state index in [9.17, 15) is 4.79 Å². The number of carbonyl (C=O) groups is 1. The molecule has 0 amide bonds. The third kappa shape index (κ3) is 3.60. The molecule has 104 valence electrons. The molecule has 0 spiro atoms. The quantitative estimate of drug-likeness (QED) is 0.669. The van der Waals surface area contributed by atoms with Gasteiger partial charge < -0.3 is 10.5 Å². The van der Waals surface area contributed by atoms with Crippen molar-refractivity contribution in [3.05, 3.63) is 65.2 Å². The van der Waals surface area contributed by atoms with Crippen LogP contribution in [0.15, 0.2) is 48.5 Å². The summed E-state index contributed by atoms with van der Waals surface area (Å²) in [5, 5.41) is 0. The third-order valence-electron chi connectivity index (χ3n) is 3.30. The highest BCUT2D eigenvalue weighted by Gasteiger charge is 2.10. The Labute approximate surface area is 119 Å². The average molecular weight is 269 g/mol. The first-order valence-corrected chi connectivity index (χ1v) is 6.71. The number of hydrogen-bond donors (Lipinski definition) is 1. The smallest absolute Gasteiger partial charge is 0.339 e. The zero-order valence-electron chi connectivity index (χ0n) is 11.6. The van der Waals surface area contributed by atoms with Gasteiger partial charge in [-0.2, -0.15) is 0 Å². The van der Waals surface area contributed by atoms with Gasteiger partial charge in [0.2, 0.25) is 0 Å². The molecule has 0 heterocycles. The number of ether oxygens (including phenoxy) is 1. The Balaban J connectivity index is 1.98. The molecule has 0 atom stereocenters. The minimum Gasteiger partial charge on any atom is -0.465 e. The zero-order valence-corrected chi connectivity index (χ0v) is 11.6. The highest BCUT2D eigenvalue weighted by molar-refractivity contribution is 5.95. The van der Waals surface area contributed by atoms with E-state index < -0.39 is 0 Å². The van der Waals surface area contributed by atoms with Gasteiger partial charge in [-0.05, 0) is 42.5 Å². The van der Waals surface area contributed by atoms with E-state index in [2.05, 4.69) is 12.1 Å². The molecule has 3 nitrogen and oxygen atoms in total. The van der Waals surface area contributed by atoms with Crippen LogP contribution < -0.4 is 5.73 Å². The molecule has 20 heavy (non-hydrogen) atoms. The highest BCUT2D eigenvalue weighted by Crippen LogP contribution is 2.17. The number of anilines is 1. The molecule has 0 saturated carbocycles. The van der Waals surface area contributed by atoms with Crippen molar-refractivity contribution in [2.24, 2.45) is 0 Å². The van der Waals surface area contributed by atoms with Gasteiger partial charge in [0.25, 0.3) is 0 Å². The van der Waals surface area contributed by atoms with Crippen LogP contribution in [0.4, 0.5) is 5.69 Å². The molecule has 0 radical (unpaired) electrons. The summed E-state index contributed by atoms with van der Waals surface area (Å²) >= 11 is 0. The van der Waals surface area contributed by atoms with E-state index in [1.165, 1.54) is 12.7 Å². The average Bonchev–Trinajstić information content (AvgIpc) is 2.49. The van der Waals surface area contributed by atoms with Gasteiger partial charge in [-0.1, -0.05) is 36.4 Å². The Hall–Kier alpha value is -2.29. The molecule has 2 N–H and O–H groups in total. The van der Waals surface area contributed by atoms with E-state index in [1.807, 2.05) is 30.3 Å². The monoisotopic (exact) mass is 269 g/mol. The van der Waals surface area contributed by atoms with Gasteiger partial charge in [0.1, 0.15) is 0 Å². The Morgan fingerprint density at radius 3 is 2.45 bits per heavy atom. The number of esters is 1. The summed E-state index contributed by atoms with van der Waals surface area (Å²) in [5.74, 6) is -0.382. The first kappa shape index (κ1) is 14.1. The van der Waals surface area contributed by atoms with Crippen molar-refractivity contribution in [1.82, 2.24) is 0 Å². The van der Waals surface area contributed by atoms with Crippen LogP contribution in [-0.4, -0.2) is 13.1 Å². The molecule has 0 aromatic heterocycles. The van der Waals surface area contributed by atoms with Crippen molar-refractivity contribution < 1.29 is 9.53 Å². The second-order valence-electron chi connectivity index (χ2n) is 4.75. The summed E-state index contributed by atoms with van der Waals surface area (Å²) in [6, 6.07) is 15.9. The van der Waals surface area contributed by atoms with Crippen molar-refractivity contribution >= 4 is 11.7 Å². The number of carbonyl (C=O) groups excluding carboxylic acids is 1. The number of methoxy groups -OCH3 is 1. The molecule has 0 unspecified atom stereocenters. The van der Waals surface area contributed by atoms with Gasteiger partial charge in [0.15, 0.2) is 0 Å². The molecule has 3 heteroatoms. The minimum absolute atomic E-state index is 0.382. The molecule has 0 aliphatic carbocycles. The molecule has 2 aromatic carbocycles. The van der Waals surface area contributed by atoms with E-state index in [4.69, 9.17) is 10.5 Å².